The van der Waals surface area contributed by atoms with Crippen LogP contribution in [0.4, 0.5) is 4.39 Å². The molecule has 28 heavy (non-hydrogen) atoms. The number of carbonyl (C=O) groups is 1. The lowest BCUT2D eigenvalue weighted by Crippen LogP contribution is -2.39. The van der Waals surface area contributed by atoms with Gasteiger partial charge in [-0.05, 0) is 49.2 Å². The van der Waals surface area contributed by atoms with Crippen molar-refractivity contribution >= 4 is 5.91 Å². The predicted octanol–water partition coefficient (Wildman–Crippen LogP) is 3.90. The fraction of sp³-hybridized carbons (Fsp3) is 0.286. The molecule has 144 valence electrons. The van der Waals surface area contributed by atoms with Gasteiger partial charge in [-0.25, -0.2) is 4.39 Å². The molecule has 0 saturated carbocycles. The fourth-order valence-electron chi connectivity index (χ4n) is 3.42. The second-order valence-corrected chi connectivity index (χ2v) is 6.74. The van der Waals surface area contributed by atoms with Crippen molar-refractivity contribution < 1.29 is 18.3 Å². The monoisotopic (exact) mass is 381 g/mol. The van der Waals surface area contributed by atoms with E-state index in [4.69, 9.17) is 9.15 Å². The van der Waals surface area contributed by atoms with Gasteiger partial charge in [0.05, 0.1) is 18.6 Å². The third-order valence-corrected chi connectivity index (χ3v) is 4.94. The highest BCUT2D eigenvalue weighted by Crippen LogP contribution is 2.30. The molecule has 1 aliphatic rings. The van der Waals surface area contributed by atoms with Gasteiger partial charge in [-0.3, -0.25) is 4.79 Å². The van der Waals surface area contributed by atoms with Crippen LogP contribution >= 0.6 is 0 Å². The molecule has 0 N–H and O–H groups in total. The van der Waals surface area contributed by atoms with Crippen molar-refractivity contribution in [3.05, 3.63) is 65.8 Å². The molecule has 1 unspecified atom stereocenters. The Morgan fingerprint density at radius 2 is 1.96 bits per heavy atom. The summed E-state index contributed by atoms with van der Waals surface area (Å²) < 4.78 is 24.8. The summed E-state index contributed by atoms with van der Waals surface area (Å²) in [6.45, 7) is 1.17. The van der Waals surface area contributed by atoms with Crippen LogP contribution in [0.5, 0.6) is 5.75 Å². The third kappa shape index (κ3) is 3.60. The standard InChI is InChI=1S/C21H20FN3O3/c1-27-16-10-8-14(9-11-16)21(26)25-12-4-5-15(13-25)19-23-24-20(28-19)17-6-2-3-7-18(17)22/h2-3,6-11,15H,4-5,12-13H2,1H3. The largest absolute Gasteiger partial charge is 0.497 e. The summed E-state index contributed by atoms with van der Waals surface area (Å²) in [5.41, 5.74) is 0.891. The Morgan fingerprint density at radius 3 is 2.71 bits per heavy atom. The van der Waals surface area contributed by atoms with Crippen LogP contribution in [-0.2, 0) is 0 Å². The van der Waals surface area contributed by atoms with Crippen molar-refractivity contribution in [2.75, 3.05) is 20.2 Å². The Labute approximate surface area is 161 Å². The summed E-state index contributed by atoms with van der Waals surface area (Å²) in [5, 5.41) is 8.10. The Bertz CT molecular complexity index is 971. The SMILES string of the molecule is COc1ccc(C(=O)N2CCCC(c3nnc(-c4ccccc4F)o3)C2)cc1. The van der Waals surface area contributed by atoms with Gasteiger partial charge in [0.1, 0.15) is 11.6 Å². The second kappa shape index (κ2) is 7.80. The van der Waals surface area contributed by atoms with Gasteiger partial charge in [-0.15, -0.1) is 10.2 Å². The van der Waals surface area contributed by atoms with E-state index in [0.717, 1.165) is 12.8 Å². The van der Waals surface area contributed by atoms with Gasteiger partial charge in [0, 0.05) is 18.7 Å². The van der Waals surface area contributed by atoms with Gasteiger partial charge in [-0.1, -0.05) is 12.1 Å². The Hall–Kier alpha value is -3.22. The number of nitrogens with zero attached hydrogens (tertiary/aromatic N) is 3. The molecule has 4 rings (SSSR count). The maximum atomic E-state index is 13.9. The van der Waals surface area contributed by atoms with Gasteiger partial charge in [0.25, 0.3) is 11.8 Å². The molecule has 1 aromatic heterocycles. The number of amides is 1. The minimum Gasteiger partial charge on any atom is -0.497 e. The minimum atomic E-state index is -0.405. The number of halogens is 1. The smallest absolute Gasteiger partial charge is 0.253 e. The number of ether oxygens (including phenoxy) is 1. The summed E-state index contributed by atoms with van der Waals surface area (Å²) in [7, 11) is 1.59. The molecule has 1 amide bonds. The zero-order valence-electron chi connectivity index (χ0n) is 15.5. The Kier molecular flexibility index (Phi) is 5.06. The Morgan fingerprint density at radius 1 is 1.18 bits per heavy atom. The third-order valence-electron chi connectivity index (χ3n) is 4.94. The quantitative estimate of drug-likeness (QED) is 0.686. The van der Waals surface area contributed by atoms with E-state index in [0.29, 0.717) is 30.3 Å². The Balaban J connectivity index is 1.49. The van der Waals surface area contributed by atoms with Crippen molar-refractivity contribution in [1.29, 1.82) is 0 Å². The maximum Gasteiger partial charge on any atom is 0.253 e. The van der Waals surface area contributed by atoms with E-state index < -0.39 is 5.82 Å². The number of rotatable bonds is 4. The number of benzene rings is 2. The van der Waals surface area contributed by atoms with Crippen LogP contribution in [0.1, 0.15) is 35.0 Å². The zero-order chi connectivity index (χ0) is 19.5. The number of carbonyl (C=O) groups excluding carboxylic acids is 1. The first kappa shape index (κ1) is 18.2. The van der Waals surface area contributed by atoms with Crippen molar-refractivity contribution in [2.24, 2.45) is 0 Å². The van der Waals surface area contributed by atoms with Crippen LogP contribution in [-0.4, -0.2) is 41.2 Å². The molecule has 2 heterocycles. The highest BCUT2D eigenvalue weighted by molar-refractivity contribution is 5.94. The molecule has 1 aliphatic heterocycles. The predicted molar refractivity (Wildman–Crippen MR) is 101 cm³/mol. The van der Waals surface area contributed by atoms with E-state index in [9.17, 15) is 9.18 Å². The molecule has 0 aliphatic carbocycles. The molecule has 0 bridgehead atoms. The highest BCUT2D eigenvalue weighted by atomic mass is 19.1. The molecule has 0 spiro atoms. The number of likely N-dealkylation sites (tertiary alicyclic amines) is 1. The molecular weight excluding hydrogens is 361 g/mol. The first-order chi connectivity index (χ1) is 13.7. The van der Waals surface area contributed by atoms with Gasteiger partial charge in [0.2, 0.25) is 5.89 Å². The molecule has 7 heteroatoms. The zero-order valence-corrected chi connectivity index (χ0v) is 15.5. The number of methoxy groups -OCH3 is 1. The molecular formula is C21H20FN3O3. The van der Waals surface area contributed by atoms with Crippen LogP contribution in [0, 0.1) is 5.82 Å². The first-order valence-corrected chi connectivity index (χ1v) is 9.17. The molecule has 0 radical (unpaired) electrons. The highest BCUT2D eigenvalue weighted by Gasteiger charge is 2.29. The normalized spacial score (nSPS) is 16.8. The number of hydrogen-bond acceptors (Lipinski definition) is 5. The molecule has 1 atom stereocenters. The lowest BCUT2D eigenvalue weighted by atomic mass is 9.97. The van der Waals surface area contributed by atoms with Crippen LogP contribution < -0.4 is 4.74 Å². The average molecular weight is 381 g/mol. The van der Waals surface area contributed by atoms with E-state index in [1.54, 1.807) is 54.5 Å². The minimum absolute atomic E-state index is 0.0406. The number of piperidine rings is 1. The lowest BCUT2D eigenvalue weighted by Gasteiger charge is -2.31. The number of hydrogen-bond donors (Lipinski definition) is 0. The van der Waals surface area contributed by atoms with Crippen molar-refractivity contribution in [3.8, 4) is 17.2 Å². The van der Waals surface area contributed by atoms with Crippen molar-refractivity contribution in [1.82, 2.24) is 15.1 Å². The molecule has 3 aromatic rings. The summed E-state index contributed by atoms with van der Waals surface area (Å²) >= 11 is 0. The van der Waals surface area contributed by atoms with Crippen LogP contribution in [0.25, 0.3) is 11.5 Å². The first-order valence-electron chi connectivity index (χ1n) is 9.17. The van der Waals surface area contributed by atoms with Gasteiger partial charge < -0.3 is 14.1 Å². The average Bonchev–Trinajstić information content (AvgIpc) is 3.24. The van der Waals surface area contributed by atoms with Gasteiger partial charge >= 0.3 is 0 Å². The second-order valence-electron chi connectivity index (χ2n) is 6.74. The summed E-state index contributed by atoms with van der Waals surface area (Å²) in [6.07, 6.45) is 1.68. The van der Waals surface area contributed by atoms with Crippen molar-refractivity contribution in [2.45, 2.75) is 18.8 Å². The van der Waals surface area contributed by atoms with Crippen molar-refractivity contribution in [3.63, 3.8) is 0 Å². The molecule has 1 fully saturated rings. The lowest BCUT2D eigenvalue weighted by molar-refractivity contribution is 0.0698. The summed E-state index contributed by atoms with van der Waals surface area (Å²) in [4.78, 5) is 14.6. The molecule has 6 nitrogen and oxygen atoms in total. The van der Waals surface area contributed by atoms with Gasteiger partial charge in [0.15, 0.2) is 0 Å². The van der Waals surface area contributed by atoms with E-state index in [1.165, 1.54) is 6.07 Å². The van der Waals surface area contributed by atoms with Crippen LogP contribution in [0.3, 0.4) is 0 Å². The van der Waals surface area contributed by atoms with Gasteiger partial charge in [-0.2, -0.15) is 0 Å². The van der Waals surface area contributed by atoms with E-state index >= 15 is 0 Å². The molecule has 1 saturated heterocycles. The van der Waals surface area contributed by atoms with Crippen LogP contribution in [0.15, 0.2) is 52.9 Å². The summed E-state index contributed by atoms with van der Waals surface area (Å²) in [6, 6.07) is 13.3. The fourth-order valence-corrected chi connectivity index (χ4v) is 3.42. The summed E-state index contributed by atoms with van der Waals surface area (Å²) in [5.74, 6) is 0.791. The van der Waals surface area contributed by atoms with Crippen LogP contribution in [0.2, 0.25) is 0 Å². The van der Waals surface area contributed by atoms with E-state index in [1.807, 2.05) is 0 Å². The molecule has 2 aromatic carbocycles. The topological polar surface area (TPSA) is 68.5 Å². The van der Waals surface area contributed by atoms with E-state index in [2.05, 4.69) is 10.2 Å². The van der Waals surface area contributed by atoms with E-state index in [-0.39, 0.29) is 23.3 Å². The maximum absolute atomic E-state index is 13.9. The number of aromatic nitrogens is 2.